The van der Waals surface area contributed by atoms with Crippen LogP contribution in [0.5, 0.6) is 0 Å². The Labute approximate surface area is 162 Å². The van der Waals surface area contributed by atoms with E-state index in [0.29, 0.717) is 34.0 Å². The molecule has 1 aliphatic carbocycles. The number of ether oxygens (including phenoxy) is 1. The van der Waals surface area contributed by atoms with E-state index in [1.54, 1.807) is 6.07 Å². The number of amides is 1. The van der Waals surface area contributed by atoms with Crippen LogP contribution in [0.3, 0.4) is 0 Å². The molecule has 142 valence electrons. The van der Waals surface area contributed by atoms with E-state index >= 15 is 0 Å². The second-order valence-corrected chi connectivity index (χ2v) is 6.89. The predicted octanol–water partition coefficient (Wildman–Crippen LogP) is 3.83. The Kier molecular flexibility index (Phi) is 5.91. The molecule has 0 radical (unpaired) electrons. The number of hydrogen-bond acceptors (Lipinski definition) is 6. The minimum absolute atomic E-state index is 0.225. The molecule has 2 aromatic rings. The summed E-state index contributed by atoms with van der Waals surface area (Å²) >= 11 is 6.14. The van der Waals surface area contributed by atoms with Crippen LogP contribution < -0.4 is 10.6 Å². The van der Waals surface area contributed by atoms with E-state index in [0.717, 1.165) is 12.8 Å². The maximum Gasteiger partial charge on any atom is 0.337 e. The van der Waals surface area contributed by atoms with Gasteiger partial charge in [-0.05, 0) is 44.0 Å². The number of esters is 1. The van der Waals surface area contributed by atoms with E-state index in [9.17, 15) is 9.59 Å². The largest absolute Gasteiger partial charge is 0.465 e. The molecular weight excluding hydrogens is 368 g/mol. The molecule has 0 spiro atoms. The van der Waals surface area contributed by atoms with Gasteiger partial charge in [-0.3, -0.25) is 4.79 Å². The monoisotopic (exact) mass is 388 g/mol. The zero-order valence-corrected chi connectivity index (χ0v) is 16.0. The van der Waals surface area contributed by atoms with E-state index in [-0.39, 0.29) is 5.69 Å². The molecule has 1 aromatic carbocycles. The topological polar surface area (TPSA) is 93.2 Å². The standard InChI is InChI=1S/C19H21ClN4O3/c1-11-9-16(24-19(21-11)22-13-5-3-4-6-13)17(25)23-15-10-12(18(26)27-2)7-8-14(15)20/h7-10,13H,3-6H2,1-2H3,(H,23,25)(H,21,22,24). The third kappa shape index (κ3) is 4.74. The van der Waals surface area contributed by atoms with Crippen molar-refractivity contribution < 1.29 is 14.3 Å². The predicted molar refractivity (Wildman–Crippen MR) is 103 cm³/mol. The lowest BCUT2D eigenvalue weighted by Gasteiger charge is -2.13. The molecule has 8 heteroatoms. The van der Waals surface area contributed by atoms with Gasteiger partial charge in [0.05, 0.1) is 23.4 Å². The summed E-state index contributed by atoms with van der Waals surface area (Å²) in [6.45, 7) is 1.81. The van der Waals surface area contributed by atoms with Crippen LogP contribution in [0.2, 0.25) is 5.02 Å². The van der Waals surface area contributed by atoms with Gasteiger partial charge in [-0.2, -0.15) is 0 Å². The first kappa shape index (κ1) is 19.1. The average Bonchev–Trinajstić information content (AvgIpc) is 3.15. The van der Waals surface area contributed by atoms with Crippen molar-refractivity contribution in [1.29, 1.82) is 0 Å². The molecule has 7 nitrogen and oxygen atoms in total. The Morgan fingerprint density at radius 1 is 1.19 bits per heavy atom. The maximum atomic E-state index is 12.7. The molecule has 0 unspecified atom stereocenters. The second kappa shape index (κ2) is 8.35. The van der Waals surface area contributed by atoms with Crippen LogP contribution >= 0.6 is 11.6 Å². The van der Waals surface area contributed by atoms with Crippen LogP contribution in [0.15, 0.2) is 24.3 Å². The van der Waals surface area contributed by atoms with E-state index in [1.165, 1.54) is 38.2 Å². The summed E-state index contributed by atoms with van der Waals surface area (Å²) in [6.07, 6.45) is 4.53. The van der Waals surface area contributed by atoms with Crippen molar-refractivity contribution >= 4 is 35.1 Å². The first-order chi connectivity index (χ1) is 13.0. The third-order valence-electron chi connectivity index (χ3n) is 4.41. The summed E-state index contributed by atoms with van der Waals surface area (Å²) in [4.78, 5) is 33.0. The lowest BCUT2D eigenvalue weighted by Crippen LogP contribution is -2.20. The highest BCUT2D eigenvalue weighted by Crippen LogP contribution is 2.25. The van der Waals surface area contributed by atoms with Gasteiger partial charge in [0, 0.05) is 11.7 Å². The highest BCUT2D eigenvalue weighted by molar-refractivity contribution is 6.34. The second-order valence-electron chi connectivity index (χ2n) is 6.48. The molecule has 0 atom stereocenters. The van der Waals surface area contributed by atoms with Gasteiger partial charge in [-0.1, -0.05) is 24.4 Å². The van der Waals surface area contributed by atoms with Gasteiger partial charge in [0.25, 0.3) is 5.91 Å². The van der Waals surface area contributed by atoms with Crippen LogP contribution in [0.4, 0.5) is 11.6 Å². The van der Waals surface area contributed by atoms with Crippen LogP contribution in [0, 0.1) is 6.92 Å². The molecule has 1 amide bonds. The minimum atomic E-state index is -0.511. The molecule has 0 bridgehead atoms. The van der Waals surface area contributed by atoms with Crippen molar-refractivity contribution in [2.45, 2.75) is 38.6 Å². The van der Waals surface area contributed by atoms with E-state index in [2.05, 4.69) is 20.6 Å². The molecular formula is C19H21ClN4O3. The van der Waals surface area contributed by atoms with Crippen molar-refractivity contribution in [1.82, 2.24) is 9.97 Å². The number of carbonyl (C=O) groups is 2. The molecule has 0 aliphatic heterocycles. The number of nitrogens with zero attached hydrogens (tertiary/aromatic N) is 2. The lowest BCUT2D eigenvalue weighted by atomic mass is 10.2. The summed E-state index contributed by atoms with van der Waals surface area (Å²) in [6, 6.07) is 6.48. The minimum Gasteiger partial charge on any atom is -0.465 e. The third-order valence-corrected chi connectivity index (χ3v) is 4.74. The van der Waals surface area contributed by atoms with Gasteiger partial charge in [-0.25, -0.2) is 14.8 Å². The molecule has 3 rings (SSSR count). The van der Waals surface area contributed by atoms with Crippen molar-refractivity contribution in [3.8, 4) is 0 Å². The van der Waals surface area contributed by atoms with E-state index in [4.69, 9.17) is 16.3 Å². The zero-order valence-electron chi connectivity index (χ0n) is 15.2. The smallest absolute Gasteiger partial charge is 0.337 e. The van der Waals surface area contributed by atoms with Crippen LogP contribution in [-0.2, 0) is 4.74 Å². The number of anilines is 2. The van der Waals surface area contributed by atoms with Gasteiger partial charge in [0.2, 0.25) is 5.95 Å². The van der Waals surface area contributed by atoms with Gasteiger partial charge in [0.15, 0.2) is 0 Å². The Morgan fingerprint density at radius 3 is 2.63 bits per heavy atom. The molecule has 1 aliphatic rings. The molecule has 1 saturated carbocycles. The number of carbonyl (C=O) groups excluding carboxylic acids is 2. The summed E-state index contributed by atoms with van der Waals surface area (Å²) in [7, 11) is 1.29. The van der Waals surface area contributed by atoms with Crippen LogP contribution in [-0.4, -0.2) is 35.0 Å². The number of aromatic nitrogens is 2. The Bertz CT molecular complexity index is 866. The van der Waals surface area contributed by atoms with Crippen molar-refractivity contribution in [2.24, 2.45) is 0 Å². The highest BCUT2D eigenvalue weighted by Gasteiger charge is 2.18. The number of nitrogens with one attached hydrogen (secondary N) is 2. The fraction of sp³-hybridized carbons (Fsp3) is 0.368. The van der Waals surface area contributed by atoms with Crippen molar-refractivity contribution in [2.75, 3.05) is 17.7 Å². The number of halogens is 1. The average molecular weight is 389 g/mol. The van der Waals surface area contributed by atoms with Gasteiger partial charge in [-0.15, -0.1) is 0 Å². The fourth-order valence-corrected chi connectivity index (χ4v) is 3.22. The quantitative estimate of drug-likeness (QED) is 0.756. The van der Waals surface area contributed by atoms with Gasteiger partial charge in [0.1, 0.15) is 5.69 Å². The Hall–Kier alpha value is -2.67. The fourth-order valence-electron chi connectivity index (χ4n) is 3.05. The van der Waals surface area contributed by atoms with Crippen LogP contribution in [0.1, 0.15) is 52.2 Å². The maximum absolute atomic E-state index is 12.7. The van der Waals surface area contributed by atoms with Crippen molar-refractivity contribution in [3.05, 3.63) is 46.2 Å². The lowest BCUT2D eigenvalue weighted by molar-refractivity contribution is 0.0600. The summed E-state index contributed by atoms with van der Waals surface area (Å²) < 4.78 is 4.69. The Balaban J connectivity index is 1.79. The van der Waals surface area contributed by atoms with E-state index in [1.807, 2.05) is 6.92 Å². The molecule has 1 aromatic heterocycles. The van der Waals surface area contributed by atoms with Gasteiger partial charge >= 0.3 is 5.97 Å². The number of benzene rings is 1. The summed E-state index contributed by atoms with van der Waals surface area (Å²) in [5, 5.41) is 6.30. The van der Waals surface area contributed by atoms with Gasteiger partial charge < -0.3 is 15.4 Å². The summed E-state index contributed by atoms with van der Waals surface area (Å²) in [5.41, 5.74) is 1.51. The molecule has 2 N–H and O–H groups in total. The first-order valence-corrected chi connectivity index (χ1v) is 9.15. The normalized spacial score (nSPS) is 14.0. The molecule has 1 heterocycles. The number of rotatable bonds is 5. The first-order valence-electron chi connectivity index (χ1n) is 8.77. The highest BCUT2D eigenvalue weighted by atomic mass is 35.5. The van der Waals surface area contributed by atoms with E-state index < -0.39 is 11.9 Å². The molecule has 0 saturated heterocycles. The molecule has 27 heavy (non-hydrogen) atoms. The number of methoxy groups -OCH3 is 1. The summed E-state index contributed by atoms with van der Waals surface area (Å²) in [5.74, 6) is -0.497. The van der Waals surface area contributed by atoms with Crippen LogP contribution in [0.25, 0.3) is 0 Å². The number of aryl methyl sites for hydroxylation is 1. The Morgan fingerprint density at radius 2 is 1.93 bits per heavy atom. The zero-order chi connectivity index (χ0) is 19.4. The SMILES string of the molecule is COC(=O)c1ccc(Cl)c(NC(=O)c2cc(C)nc(NC3CCCC3)n2)c1. The molecule has 1 fully saturated rings. The number of hydrogen-bond donors (Lipinski definition) is 2. The van der Waals surface area contributed by atoms with Crippen molar-refractivity contribution in [3.63, 3.8) is 0 Å².